The first-order valence-corrected chi connectivity index (χ1v) is 11.9. The lowest BCUT2D eigenvalue weighted by molar-refractivity contribution is -0.385. The Morgan fingerprint density at radius 3 is 2.56 bits per heavy atom. The van der Waals surface area contributed by atoms with Crippen molar-refractivity contribution in [3.05, 3.63) is 45.6 Å². The normalized spacial score (nSPS) is 19.6. The maximum absolute atomic E-state index is 12.3. The highest BCUT2D eigenvalue weighted by Gasteiger charge is 2.25. The van der Waals surface area contributed by atoms with Gasteiger partial charge in [0.2, 0.25) is 5.95 Å². The highest BCUT2D eigenvalue weighted by Crippen LogP contribution is 2.29. The summed E-state index contributed by atoms with van der Waals surface area (Å²) in [4.78, 5) is 34.5. The molecule has 2 aromatic rings. The molecule has 0 bridgehead atoms. The molecule has 0 spiro atoms. The molecule has 2 aliphatic rings. The van der Waals surface area contributed by atoms with E-state index >= 15 is 0 Å². The van der Waals surface area contributed by atoms with E-state index in [1.807, 2.05) is 14.1 Å². The van der Waals surface area contributed by atoms with Gasteiger partial charge in [-0.05, 0) is 57.4 Å². The molecule has 2 N–H and O–H groups in total. The molecule has 1 aromatic heterocycles. The average molecular weight is 469 g/mol. The number of nitrogens with one attached hydrogen (secondary N) is 2. The predicted octanol–water partition coefficient (Wildman–Crippen LogP) is 3.25. The maximum Gasteiger partial charge on any atom is 0.310 e. The molecule has 182 valence electrons. The number of carbonyl (C=O) groups excluding carboxylic acids is 1. The van der Waals surface area contributed by atoms with Gasteiger partial charge in [0.1, 0.15) is 5.82 Å². The molecule has 10 heteroatoms. The number of nitro groups is 1. The molecule has 0 aliphatic heterocycles. The summed E-state index contributed by atoms with van der Waals surface area (Å²) in [6.07, 6.45) is 7.85. The number of hydrogen-bond donors (Lipinski definition) is 2. The number of anilines is 2. The number of aromatic nitrogens is 2. The minimum Gasteiger partial charge on any atom is -0.477 e. The fraction of sp³-hybridized carbons (Fsp3) is 0.542. The Bertz CT molecular complexity index is 1040. The van der Waals surface area contributed by atoms with Crippen LogP contribution in [0.4, 0.5) is 17.5 Å². The molecule has 1 aromatic carbocycles. The van der Waals surface area contributed by atoms with Crippen molar-refractivity contribution in [2.24, 2.45) is 0 Å². The maximum atomic E-state index is 12.3. The van der Waals surface area contributed by atoms with Crippen LogP contribution in [0.15, 0.2) is 24.3 Å². The topological polar surface area (TPSA) is 123 Å². The van der Waals surface area contributed by atoms with E-state index in [1.165, 1.54) is 30.5 Å². The molecule has 0 unspecified atom stereocenters. The third kappa shape index (κ3) is 5.73. The summed E-state index contributed by atoms with van der Waals surface area (Å²) in [5, 5.41) is 17.6. The van der Waals surface area contributed by atoms with Crippen LogP contribution in [0, 0.1) is 10.1 Å². The molecule has 34 heavy (non-hydrogen) atoms. The lowest BCUT2D eigenvalue weighted by Crippen LogP contribution is -2.42. The second-order valence-electron chi connectivity index (χ2n) is 9.17. The van der Waals surface area contributed by atoms with Crippen LogP contribution in [0.25, 0.3) is 0 Å². The zero-order valence-electron chi connectivity index (χ0n) is 19.7. The number of nitro benzene ring substituents is 1. The number of hydrogen-bond acceptors (Lipinski definition) is 8. The number of para-hydroxylation sites is 2. The Labute approximate surface area is 199 Å². The summed E-state index contributed by atoms with van der Waals surface area (Å²) in [5.41, 5.74) is 2.28. The number of carbonyl (C=O) groups is 1. The quantitative estimate of drug-likeness (QED) is 0.447. The van der Waals surface area contributed by atoms with E-state index in [4.69, 9.17) is 14.7 Å². The van der Waals surface area contributed by atoms with Crippen LogP contribution in [0.3, 0.4) is 0 Å². The smallest absolute Gasteiger partial charge is 0.310 e. The third-order valence-electron chi connectivity index (χ3n) is 6.43. The van der Waals surface area contributed by atoms with Crippen molar-refractivity contribution in [1.82, 2.24) is 15.3 Å². The standard InChI is InChI=1S/C24H32N6O4/c1-29(2)23-18-7-3-4-8-19(18)27-24(28-23)26-17-13-11-16(12-14-17)25-22(31)15-34-21-10-6-5-9-20(21)30(32)33/h5-6,9-10,16-17H,3-4,7-8,11-15H2,1-2H3,(H,25,31)(H,26,27,28)/t16-,17+. The van der Waals surface area contributed by atoms with Crippen LogP contribution in [-0.4, -0.2) is 53.6 Å². The summed E-state index contributed by atoms with van der Waals surface area (Å²) in [6.45, 7) is -0.251. The zero-order chi connectivity index (χ0) is 24.1. The lowest BCUT2D eigenvalue weighted by atomic mass is 9.91. The molecule has 0 radical (unpaired) electrons. The van der Waals surface area contributed by atoms with Gasteiger partial charge in [0.05, 0.1) is 10.6 Å². The second kappa shape index (κ2) is 10.7. The van der Waals surface area contributed by atoms with Gasteiger partial charge in [0.15, 0.2) is 12.4 Å². The van der Waals surface area contributed by atoms with Crippen LogP contribution >= 0.6 is 0 Å². The van der Waals surface area contributed by atoms with Crippen molar-refractivity contribution in [2.45, 2.75) is 63.5 Å². The number of aryl methyl sites for hydroxylation is 1. The number of ether oxygens (including phenoxy) is 1. The van der Waals surface area contributed by atoms with Gasteiger partial charge in [0.25, 0.3) is 5.91 Å². The molecule has 10 nitrogen and oxygen atoms in total. The van der Waals surface area contributed by atoms with Crippen molar-refractivity contribution in [1.29, 1.82) is 0 Å². The van der Waals surface area contributed by atoms with Gasteiger partial charge < -0.3 is 20.3 Å². The van der Waals surface area contributed by atoms with Gasteiger partial charge in [-0.1, -0.05) is 12.1 Å². The Morgan fingerprint density at radius 2 is 1.82 bits per heavy atom. The highest BCUT2D eigenvalue weighted by atomic mass is 16.6. The van der Waals surface area contributed by atoms with Gasteiger partial charge in [0, 0.05) is 37.8 Å². The first-order valence-electron chi connectivity index (χ1n) is 11.9. The van der Waals surface area contributed by atoms with Crippen molar-refractivity contribution in [3.63, 3.8) is 0 Å². The Hall–Kier alpha value is -3.43. The SMILES string of the molecule is CN(C)c1nc(N[C@H]2CC[C@@H](NC(=O)COc3ccccc3[N+](=O)[O-])CC2)nc2c1CCCC2. The monoisotopic (exact) mass is 468 g/mol. The Kier molecular flexibility index (Phi) is 7.44. The van der Waals surface area contributed by atoms with E-state index in [1.54, 1.807) is 12.1 Å². The van der Waals surface area contributed by atoms with Crippen molar-refractivity contribution >= 4 is 23.4 Å². The van der Waals surface area contributed by atoms with Crippen LogP contribution in [0.2, 0.25) is 0 Å². The first kappa shape index (κ1) is 23.7. The van der Waals surface area contributed by atoms with Crippen LogP contribution < -0.4 is 20.3 Å². The zero-order valence-corrected chi connectivity index (χ0v) is 19.7. The van der Waals surface area contributed by atoms with E-state index in [0.717, 1.165) is 50.0 Å². The van der Waals surface area contributed by atoms with E-state index in [0.29, 0.717) is 5.95 Å². The molecule has 1 heterocycles. The van der Waals surface area contributed by atoms with Crippen molar-refractivity contribution < 1.29 is 14.5 Å². The van der Waals surface area contributed by atoms with Crippen LogP contribution in [-0.2, 0) is 17.6 Å². The number of fused-ring (bicyclic) bond motifs is 1. The van der Waals surface area contributed by atoms with E-state index < -0.39 is 4.92 Å². The molecule has 1 saturated carbocycles. The number of amides is 1. The highest BCUT2D eigenvalue weighted by molar-refractivity contribution is 5.78. The van der Waals surface area contributed by atoms with Crippen molar-refractivity contribution in [2.75, 3.05) is 30.9 Å². The second-order valence-corrected chi connectivity index (χ2v) is 9.17. The Morgan fingerprint density at radius 1 is 1.12 bits per heavy atom. The summed E-state index contributed by atoms with van der Waals surface area (Å²) in [5.74, 6) is 1.52. The minimum absolute atomic E-state index is 0.0571. The van der Waals surface area contributed by atoms with Crippen LogP contribution in [0.5, 0.6) is 5.75 Å². The molecule has 0 saturated heterocycles. The van der Waals surface area contributed by atoms with Gasteiger partial charge in [-0.3, -0.25) is 14.9 Å². The van der Waals surface area contributed by atoms with E-state index in [9.17, 15) is 14.9 Å². The number of benzene rings is 1. The minimum atomic E-state index is -0.519. The predicted molar refractivity (Wildman–Crippen MR) is 129 cm³/mol. The van der Waals surface area contributed by atoms with E-state index in [2.05, 4.69) is 15.5 Å². The fourth-order valence-electron chi connectivity index (χ4n) is 4.72. The molecule has 2 aliphatic carbocycles. The summed E-state index contributed by atoms with van der Waals surface area (Å²) in [7, 11) is 4.04. The molecular weight excluding hydrogens is 436 g/mol. The Balaban J connectivity index is 1.27. The molecular formula is C24H32N6O4. The fourth-order valence-corrected chi connectivity index (χ4v) is 4.72. The summed E-state index contributed by atoms with van der Waals surface area (Å²) in [6, 6.07) is 6.37. The third-order valence-corrected chi connectivity index (χ3v) is 6.43. The van der Waals surface area contributed by atoms with Gasteiger partial charge >= 0.3 is 5.69 Å². The van der Waals surface area contributed by atoms with Gasteiger partial charge in [-0.25, -0.2) is 4.98 Å². The summed E-state index contributed by atoms with van der Waals surface area (Å²) >= 11 is 0. The number of rotatable bonds is 8. The summed E-state index contributed by atoms with van der Waals surface area (Å²) < 4.78 is 5.39. The van der Waals surface area contributed by atoms with Gasteiger partial charge in [-0.15, -0.1) is 0 Å². The largest absolute Gasteiger partial charge is 0.477 e. The molecule has 0 atom stereocenters. The average Bonchev–Trinajstić information content (AvgIpc) is 2.83. The van der Waals surface area contributed by atoms with E-state index in [-0.39, 0.29) is 36.0 Å². The van der Waals surface area contributed by atoms with Crippen molar-refractivity contribution in [3.8, 4) is 5.75 Å². The molecule has 1 amide bonds. The molecule has 1 fully saturated rings. The van der Waals surface area contributed by atoms with Gasteiger partial charge in [-0.2, -0.15) is 4.98 Å². The molecule has 4 rings (SSSR count). The lowest BCUT2D eigenvalue weighted by Gasteiger charge is -2.30. The van der Waals surface area contributed by atoms with Crippen LogP contribution in [0.1, 0.15) is 49.8 Å². The first-order chi connectivity index (χ1) is 16.4. The number of nitrogens with zero attached hydrogens (tertiary/aromatic N) is 4.